The maximum Gasteiger partial charge on any atom is 0.253 e. The smallest absolute Gasteiger partial charge is 0.253 e. The summed E-state index contributed by atoms with van der Waals surface area (Å²) in [4.78, 5) is 14.1. The number of carbonyl (C=O) groups excluding carboxylic acids is 1. The van der Waals surface area contributed by atoms with Crippen LogP contribution in [0.1, 0.15) is 35.2 Å². The molecule has 0 aromatic heterocycles. The van der Waals surface area contributed by atoms with Crippen LogP contribution in [0.25, 0.3) is 0 Å². The average molecular weight is 277 g/mol. The fraction of sp³-hybridized carbons (Fsp3) is 0.562. The Morgan fingerprint density at radius 2 is 2.20 bits per heavy atom. The number of ether oxygens (including phenoxy) is 1. The zero-order valence-electron chi connectivity index (χ0n) is 12.4. The number of methoxy groups -OCH3 is 1. The van der Waals surface area contributed by atoms with E-state index in [0.717, 1.165) is 30.6 Å². The second kappa shape index (κ2) is 6.27. The van der Waals surface area contributed by atoms with Gasteiger partial charge in [0.05, 0.1) is 13.2 Å². The second-order valence-corrected chi connectivity index (χ2v) is 5.63. The third-order valence-corrected chi connectivity index (χ3v) is 4.13. The summed E-state index contributed by atoms with van der Waals surface area (Å²) in [6, 6.07) is 5.49. The van der Waals surface area contributed by atoms with Gasteiger partial charge in [0.2, 0.25) is 0 Å². The van der Waals surface area contributed by atoms with Crippen LogP contribution in [0.4, 0.5) is 0 Å². The molecule has 1 fully saturated rings. The van der Waals surface area contributed by atoms with E-state index in [2.05, 4.69) is 0 Å². The van der Waals surface area contributed by atoms with Crippen LogP contribution in [0.15, 0.2) is 18.2 Å². The summed E-state index contributed by atoms with van der Waals surface area (Å²) in [5, 5.41) is 9.85. The van der Waals surface area contributed by atoms with Crippen molar-refractivity contribution in [2.45, 2.75) is 32.3 Å². The lowest BCUT2D eigenvalue weighted by molar-refractivity contribution is 0.0693. The van der Waals surface area contributed by atoms with Gasteiger partial charge in [-0.05, 0) is 37.5 Å². The topological polar surface area (TPSA) is 49.8 Å². The van der Waals surface area contributed by atoms with Gasteiger partial charge in [0.15, 0.2) is 0 Å². The quantitative estimate of drug-likeness (QED) is 0.918. The normalized spacial score (nSPS) is 21.8. The molecule has 2 rings (SSSR count). The van der Waals surface area contributed by atoms with Crippen LogP contribution in [0.5, 0.6) is 5.75 Å². The van der Waals surface area contributed by atoms with Gasteiger partial charge < -0.3 is 14.7 Å². The van der Waals surface area contributed by atoms with E-state index in [1.54, 1.807) is 25.1 Å². The maximum atomic E-state index is 12.4. The second-order valence-electron chi connectivity index (χ2n) is 5.63. The Labute approximate surface area is 120 Å². The van der Waals surface area contributed by atoms with Crippen LogP contribution < -0.4 is 4.74 Å². The Hall–Kier alpha value is -1.55. The van der Waals surface area contributed by atoms with Crippen molar-refractivity contribution in [1.82, 2.24) is 4.90 Å². The van der Waals surface area contributed by atoms with E-state index in [-0.39, 0.29) is 17.9 Å². The summed E-state index contributed by atoms with van der Waals surface area (Å²) in [7, 11) is 3.40. The SMILES string of the molecule is COc1cc(C(=O)N(C)CC2CCCC2O)ccc1C. The third kappa shape index (κ3) is 3.12. The molecule has 0 radical (unpaired) electrons. The first-order valence-electron chi connectivity index (χ1n) is 7.11. The lowest BCUT2D eigenvalue weighted by atomic mass is 10.0. The Balaban J connectivity index is 2.06. The number of rotatable bonds is 4. The zero-order valence-corrected chi connectivity index (χ0v) is 12.4. The van der Waals surface area contributed by atoms with Gasteiger partial charge in [-0.3, -0.25) is 4.79 Å². The summed E-state index contributed by atoms with van der Waals surface area (Å²) in [6.45, 7) is 2.56. The predicted molar refractivity (Wildman–Crippen MR) is 78.0 cm³/mol. The van der Waals surface area contributed by atoms with Gasteiger partial charge in [-0.25, -0.2) is 0 Å². The summed E-state index contributed by atoms with van der Waals surface area (Å²) in [6.07, 6.45) is 2.63. The van der Waals surface area contributed by atoms with E-state index in [1.165, 1.54) is 0 Å². The molecule has 1 aliphatic rings. The molecule has 4 nitrogen and oxygen atoms in total. The Morgan fingerprint density at radius 3 is 2.80 bits per heavy atom. The Bertz CT molecular complexity index is 487. The number of benzene rings is 1. The fourth-order valence-corrected chi connectivity index (χ4v) is 2.84. The molecule has 2 atom stereocenters. The van der Waals surface area contributed by atoms with Gasteiger partial charge in [0, 0.05) is 25.1 Å². The molecule has 4 heteroatoms. The molecule has 1 amide bonds. The van der Waals surface area contributed by atoms with Crippen LogP contribution in [0.3, 0.4) is 0 Å². The lowest BCUT2D eigenvalue weighted by Gasteiger charge is -2.23. The van der Waals surface area contributed by atoms with Gasteiger partial charge in [-0.1, -0.05) is 12.5 Å². The average Bonchev–Trinajstić information content (AvgIpc) is 2.84. The number of hydrogen-bond donors (Lipinski definition) is 1. The summed E-state index contributed by atoms with van der Waals surface area (Å²) in [5.74, 6) is 0.906. The molecule has 0 aliphatic heterocycles. The molecule has 1 aliphatic carbocycles. The van der Waals surface area contributed by atoms with Gasteiger partial charge >= 0.3 is 0 Å². The van der Waals surface area contributed by atoms with Crippen molar-refractivity contribution in [2.24, 2.45) is 5.92 Å². The molecule has 0 saturated heterocycles. The first-order chi connectivity index (χ1) is 9.52. The van der Waals surface area contributed by atoms with Crippen molar-refractivity contribution in [3.05, 3.63) is 29.3 Å². The van der Waals surface area contributed by atoms with E-state index < -0.39 is 0 Å². The van der Waals surface area contributed by atoms with Gasteiger partial charge in [0.25, 0.3) is 5.91 Å². The Kier molecular flexibility index (Phi) is 4.65. The molecule has 110 valence electrons. The molecule has 0 bridgehead atoms. The molecule has 1 aromatic carbocycles. The van der Waals surface area contributed by atoms with Crippen LogP contribution in [0, 0.1) is 12.8 Å². The minimum Gasteiger partial charge on any atom is -0.496 e. The summed E-state index contributed by atoms with van der Waals surface area (Å²) >= 11 is 0. The van der Waals surface area contributed by atoms with Gasteiger partial charge in [-0.2, -0.15) is 0 Å². The van der Waals surface area contributed by atoms with E-state index in [1.807, 2.05) is 19.1 Å². The standard InChI is InChI=1S/C16H23NO3/c1-11-7-8-12(9-15(11)20-3)16(19)17(2)10-13-5-4-6-14(13)18/h7-9,13-14,18H,4-6,10H2,1-3H3. The number of carbonyl (C=O) groups is 1. The minimum atomic E-state index is -0.266. The van der Waals surface area contributed by atoms with E-state index in [4.69, 9.17) is 4.74 Å². The van der Waals surface area contributed by atoms with E-state index in [9.17, 15) is 9.90 Å². The van der Waals surface area contributed by atoms with Crippen LogP contribution >= 0.6 is 0 Å². The van der Waals surface area contributed by atoms with Crippen molar-refractivity contribution in [2.75, 3.05) is 20.7 Å². The molecule has 2 unspecified atom stereocenters. The van der Waals surface area contributed by atoms with Crippen molar-refractivity contribution >= 4 is 5.91 Å². The van der Waals surface area contributed by atoms with Crippen molar-refractivity contribution in [3.63, 3.8) is 0 Å². The van der Waals surface area contributed by atoms with Crippen LogP contribution in [0.2, 0.25) is 0 Å². The number of amides is 1. The minimum absolute atomic E-state index is 0.0256. The highest BCUT2D eigenvalue weighted by Crippen LogP contribution is 2.27. The Morgan fingerprint density at radius 1 is 1.45 bits per heavy atom. The van der Waals surface area contributed by atoms with Gasteiger partial charge in [0.1, 0.15) is 5.75 Å². The lowest BCUT2D eigenvalue weighted by Crippen LogP contribution is -2.34. The number of aliphatic hydroxyl groups excluding tert-OH is 1. The number of hydrogen-bond acceptors (Lipinski definition) is 3. The maximum absolute atomic E-state index is 12.4. The molecule has 20 heavy (non-hydrogen) atoms. The highest BCUT2D eigenvalue weighted by Gasteiger charge is 2.27. The highest BCUT2D eigenvalue weighted by atomic mass is 16.5. The number of aliphatic hydroxyl groups is 1. The first kappa shape index (κ1) is 14.9. The zero-order chi connectivity index (χ0) is 14.7. The number of aryl methyl sites for hydroxylation is 1. The van der Waals surface area contributed by atoms with Crippen molar-refractivity contribution in [3.8, 4) is 5.75 Å². The largest absolute Gasteiger partial charge is 0.496 e. The predicted octanol–water partition coefficient (Wildman–Crippen LogP) is 2.24. The van der Waals surface area contributed by atoms with Crippen LogP contribution in [-0.2, 0) is 0 Å². The molecule has 0 spiro atoms. The van der Waals surface area contributed by atoms with Crippen molar-refractivity contribution < 1.29 is 14.6 Å². The van der Waals surface area contributed by atoms with E-state index in [0.29, 0.717) is 12.1 Å². The highest BCUT2D eigenvalue weighted by molar-refractivity contribution is 5.94. The molecular formula is C16H23NO3. The number of nitrogens with zero attached hydrogens (tertiary/aromatic N) is 1. The fourth-order valence-electron chi connectivity index (χ4n) is 2.84. The summed E-state index contributed by atoms with van der Waals surface area (Å²) in [5.41, 5.74) is 1.64. The van der Waals surface area contributed by atoms with E-state index >= 15 is 0 Å². The molecule has 0 heterocycles. The molecule has 1 aromatic rings. The molecule has 1 saturated carbocycles. The van der Waals surface area contributed by atoms with Crippen molar-refractivity contribution in [1.29, 1.82) is 0 Å². The first-order valence-corrected chi connectivity index (χ1v) is 7.11. The summed E-state index contributed by atoms with van der Waals surface area (Å²) < 4.78 is 5.26. The van der Waals surface area contributed by atoms with Crippen LogP contribution in [-0.4, -0.2) is 42.7 Å². The molecule has 1 N–H and O–H groups in total. The van der Waals surface area contributed by atoms with Gasteiger partial charge in [-0.15, -0.1) is 0 Å². The molecular weight excluding hydrogens is 254 g/mol. The third-order valence-electron chi connectivity index (χ3n) is 4.13. The monoisotopic (exact) mass is 277 g/mol.